The maximum atomic E-state index is 9.83. The number of nitrogens with one attached hydrogen (secondary N) is 2. The van der Waals surface area contributed by atoms with E-state index < -0.39 is 0 Å². The number of methoxy groups -OCH3 is 1. The van der Waals surface area contributed by atoms with Crippen LogP contribution in [0.25, 0.3) is 11.7 Å². The van der Waals surface area contributed by atoms with Crippen LogP contribution in [0.3, 0.4) is 0 Å². The van der Waals surface area contributed by atoms with Crippen LogP contribution in [-0.2, 0) is 4.74 Å². The van der Waals surface area contributed by atoms with E-state index in [1.54, 1.807) is 23.9 Å². The Labute approximate surface area is 147 Å². The topological polar surface area (TPSA) is 133 Å². The highest BCUT2D eigenvalue weighted by molar-refractivity contribution is 5.61. The molecule has 3 heterocycles. The Morgan fingerprint density at radius 2 is 2.27 bits per heavy atom. The van der Waals surface area contributed by atoms with Crippen molar-refractivity contribution in [2.75, 3.05) is 25.6 Å². The predicted molar refractivity (Wildman–Crippen MR) is 92.6 cm³/mol. The Balaban J connectivity index is 1.85. The molecule has 10 nitrogen and oxygen atoms in total. The minimum absolute atomic E-state index is 0.119. The second-order valence-electron chi connectivity index (χ2n) is 6.08. The molecule has 0 spiro atoms. The largest absolute Gasteiger partial charge is 0.494 e. The van der Waals surface area contributed by atoms with Gasteiger partial charge in [-0.1, -0.05) is 0 Å². The first-order chi connectivity index (χ1) is 12.6. The predicted octanol–water partition coefficient (Wildman–Crippen LogP) is -0.467. The van der Waals surface area contributed by atoms with Crippen molar-refractivity contribution < 1.29 is 14.9 Å². The second kappa shape index (κ2) is 6.64. The van der Waals surface area contributed by atoms with Gasteiger partial charge in [0.1, 0.15) is 0 Å². The summed E-state index contributed by atoms with van der Waals surface area (Å²) in [6.07, 6.45) is 5.49. The minimum Gasteiger partial charge on any atom is -0.494 e. The van der Waals surface area contributed by atoms with Gasteiger partial charge < -0.3 is 20.3 Å². The average molecular weight is 357 g/mol. The molecule has 0 amide bonds. The van der Waals surface area contributed by atoms with Crippen LogP contribution in [0.15, 0.2) is 17.3 Å². The lowest BCUT2D eigenvalue weighted by molar-refractivity contribution is 0.207. The summed E-state index contributed by atoms with van der Waals surface area (Å²) in [7, 11) is 1.62. The summed E-state index contributed by atoms with van der Waals surface area (Å²) in [4.78, 5) is 15.8. The summed E-state index contributed by atoms with van der Waals surface area (Å²) in [6, 6.07) is 1.82. The third-order valence-corrected chi connectivity index (χ3v) is 3.96. The van der Waals surface area contributed by atoms with Gasteiger partial charge in [0, 0.05) is 30.0 Å². The summed E-state index contributed by atoms with van der Waals surface area (Å²) in [6.45, 7) is 0.935. The normalized spacial score (nSPS) is 15.9. The molecule has 0 aliphatic heterocycles. The van der Waals surface area contributed by atoms with Crippen LogP contribution in [0.2, 0.25) is 0 Å². The molecule has 0 saturated heterocycles. The number of rotatable bonds is 6. The van der Waals surface area contributed by atoms with Gasteiger partial charge in [0.25, 0.3) is 5.62 Å². The second-order valence-corrected chi connectivity index (χ2v) is 6.08. The van der Waals surface area contributed by atoms with Crippen molar-refractivity contribution in [1.29, 1.82) is 0 Å². The van der Waals surface area contributed by atoms with E-state index in [2.05, 4.69) is 30.4 Å². The number of ether oxygens (including phenoxy) is 1. The molecule has 1 aliphatic rings. The van der Waals surface area contributed by atoms with Crippen molar-refractivity contribution in [2.24, 2.45) is 4.99 Å². The van der Waals surface area contributed by atoms with Gasteiger partial charge in [0.05, 0.1) is 19.3 Å². The van der Waals surface area contributed by atoms with E-state index in [1.165, 1.54) is 6.07 Å². The number of H-pyrrole nitrogens is 1. The van der Waals surface area contributed by atoms with Crippen molar-refractivity contribution in [3.05, 3.63) is 28.7 Å². The highest BCUT2D eigenvalue weighted by Crippen LogP contribution is 2.23. The lowest BCUT2D eigenvalue weighted by Crippen LogP contribution is -2.25. The number of hydrogen-bond donors (Lipinski definition) is 4. The van der Waals surface area contributed by atoms with Crippen molar-refractivity contribution in [2.45, 2.75) is 18.9 Å². The highest BCUT2D eigenvalue weighted by atomic mass is 16.5. The summed E-state index contributed by atoms with van der Waals surface area (Å²) >= 11 is 0. The molecule has 136 valence electrons. The lowest BCUT2D eigenvalue weighted by atomic mass is 10.2. The molecule has 0 atom stereocenters. The number of fused-ring (bicyclic) bond motifs is 1. The van der Waals surface area contributed by atoms with E-state index in [9.17, 15) is 10.2 Å². The average Bonchev–Trinajstić information content (AvgIpc) is 3.24. The Kier molecular flexibility index (Phi) is 4.17. The van der Waals surface area contributed by atoms with Crippen LogP contribution in [0.5, 0.6) is 11.8 Å². The molecule has 3 aromatic heterocycles. The van der Waals surface area contributed by atoms with Crippen molar-refractivity contribution >= 4 is 17.7 Å². The number of aromatic amines is 1. The zero-order valence-corrected chi connectivity index (χ0v) is 14.2. The number of anilines is 1. The molecule has 3 aromatic rings. The van der Waals surface area contributed by atoms with Gasteiger partial charge in [0.2, 0.25) is 5.95 Å². The van der Waals surface area contributed by atoms with E-state index in [0.717, 1.165) is 12.8 Å². The summed E-state index contributed by atoms with van der Waals surface area (Å²) in [5.74, 6) is 0.246. The van der Waals surface area contributed by atoms with Gasteiger partial charge in [-0.15, -0.1) is 0 Å². The standard InChI is InChI=1S/C16H19N7O3/c1-26-5-4-17-16-22-15(19-11-2-3-11)21-13-10(8-18-23(13)16)6-9-7-12(24)20-14(9)25/h6-8,11,20,24-25H,2-5H2,1H3,(H,17,19,22). The van der Waals surface area contributed by atoms with E-state index in [4.69, 9.17) is 4.74 Å². The van der Waals surface area contributed by atoms with E-state index >= 15 is 0 Å². The first-order valence-electron chi connectivity index (χ1n) is 8.28. The van der Waals surface area contributed by atoms with E-state index in [0.29, 0.717) is 47.2 Å². The van der Waals surface area contributed by atoms with Gasteiger partial charge in [-0.2, -0.15) is 19.6 Å². The van der Waals surface area contributed by atoms with E-state index in [-0.39, 0.29) is 11.8 Å². The van der Waals surface area contributed by atoms with Crippen LogP contribution in [0.4, 0.5) is 5.95 Å². The molecule has 1 aliphatic carbocycles. The van der Waals surface area contributed by atoms with Crippen molar-refractivity contribution in [1.82, 2.24) is 24.6 Å². The molecule has 4 N–H and O–H groups in total. The first kappa shape index (κ1) is 16.3. The lowest BCUT2D eigenvalue weighted by Gasteiger charge is -2.03. The SMILES string of the molecule is COCCN=c1nc(NC2CC2)nc2c(=Cc3cc(O)[nH]c3O)cnn12. The van der Waals surface area contributed by atoms with Gasteiger partial charge >= 0.3 is 0 Å². The molecular weight excluding hydrogens is 338 g/mol. The fraction of sp³-hybridized carbons (Fsp3) is 0.375. The molecule has 26 heavy (non-hydrogen) atoms. The Bertz CT molecular complexity index is 1050. The Morgan fingerprint density at radius 1 is 1.42 bits per heavy atom. The molecule has 0 radical (unpaired) electrons. The van der Waals surface area contributed by atoms with Crippen LogP contribution in [0.1, 0.15) is 18.4 Å². The maximum absolute atomic E-state index is 9.83. The monoisotopic (exact) mass is 357 g/mol. The Hall–Kier alpha value is -3.14. The van der Waals surface area contributed by atoms with Gasteiger partial charge in [-0.05, 0) is 18.9 Å². The summed E-state index contributed by atoms with van der Waals surface area (Å²) in [5.41, 5.74) is 1.42. The third kappa shape index (κ3) is 3.31. The summed E-state index contributed by atoms with van der Waals surface area (Å²) in [5, 5.41) is 27.6. The zero-order valence-electron chi connectivity index (χ0n) is 14.2. The van der Waals surface area contributed by atoms with Gasteiger partial charge in [-0.25, -0.2) is 4.99 Å². The summed E-state index contributed by atoms with van der Waals surface area (Å²) < 4.78 is 6.58. The highest BCUT2D eigenvalue weighted by Gasteiger charge is 2.22. The molecule has 4 rings (SSSR count). The number of aromatic nitrogens is 5. The molecule has 0 aromatic carbocycles. The van der Waals surface area contributed by atoms with Crippen molar-refractivity contribution in [3.63, 3.8) is 0 Å². The Morgan fingerprint density at radius 3 is 2.96 bits per heavy atom. The van der Waals surface area contributed by atoms with Crippen LogP contribution in [0, 0.1) is 0 Å². The van der Waals surface area contributed by atoms with Gasteiger partial charge in [-0.3, -0.25) is 4.98 Å². The zero-order chi connectivity index (χ0) is 18.1. The number of nitrogens with zero attached hydrogens (tertiary/aromatic N) is 5. The maximum Gasteiger partial charge on any atom is 0.251 e. The fourth-order valence-electron chi connectivity index (χ4n) is 2.52. The van der Waals surface area contributed by atoms with E-state index in [1.807, 2.05) is 0 Å². The van der Waals surface area contributed by atoms with Crippen LogP contribution in [-0.4, -0.2) is 61.1 Å². The third-order valence-electron chi connectivity index (χ3n) is 3.96. The van der Waals surface area contributed by atoms with Gasteiger partial charge in [0.15, 0.2) is 17.4 Å². The molecule has 0 bridgehead atoms. The molecule has 1 saturated carbocycles. The van der Waals surface area contributed by atoms with Crippen molar-refractivity contribution in [3.8, 4) is 11.8 Å². The number of aromatic hydroxyl groups is 2. The smallest absolute Gasteiger partial charge is 0.251 e. The van der Waals surface area contributed by atoms with Crippen LogP contribution >= 0.6 is 0 Å². The molecular formula is C16H19N7O3. The molecule has 0 unspecified atom stereocenters. The molecule has 1 fully saturated rings. The minimum atomic E-state index is -0.128. The number of hydrogen-bond acceptors (Lipinski definition) is 8. The first-order valence-corrected chi connectivity index (χ1v) is 8.28. The fourth-order valence-corrected chi connectivity index (χ4v) is 2.52. The quantitative estimate of drug-likeness (QED) is 0.438. The molecule has 10 heteroatoms. The van der Waals surface area contributed by atoms with Crippen LogP contribution < -0.4 is 16.2 Å².